The Balaban J connectivity index is 2.10. The normalized spacial score (nSPS) is 18.1. The summed E-state index contributed by atoms with van der Waals surface area (Å²) in [5, 5.41) is 3.13. The molecule has 0 amide bonds. The molecule has 3 heterocycles. The fourth-order valence-electron chi connectivity index (χ4n) is 2.24. The first kappa shape index (κ1) is 15.6. The van der Waals surface area contributed by atoms with E-state index in [9.17, 15) is 13.2 Å². The zero-order chi connectivity index (χ0) is 16.8. The maximum absolute atomic E-state index is 12.7. The van der Waals surface area contributed by atoms with Crippen LogP contribution in [0.4, 0.5) is 10.9 Å². The first-order valence-corrected chi connectivity index (χ1v) is 8.97. The fraction of sp³-hybridized carbons (Fsp3) is 0.214. The number of fused-ring (bicyclic) bond motifs is 1. The summed E-state index contributed by atoms with van der Waals surface area (Å²) >= 11 is 1.30. The summed E-state index contributed by atoms with van der Waals surface area (Å²) in [4.78, 5) is 21.2. The number of ketones is 1. The van der Waals surface area contributed by atoms with Crippen molar-refractivity contribution in [3.63, 3.8) is 0 Å². The van der Waals surface area contributed by atoms with Gasteiger partial charge in [0.1, 0.15) is 5.00 Å². The molecule has 0 atom stereocenters. The van der Waals surface area contributed by atoms with E-state index in [4.69, 9.17) is 0 Å². The van der Waals surface area contributed by atoms with Crippen molar-refractivity contribution in [2.24, 2.45) is 0 Å². The Labute approximate surface area is 137 Å². The molecule has 7 nitrogen and oxygen atoms in total. The van der Waals surface area contributed by atoms with Gasteiger partial charge in [0, 0.05) is 30.5 Å². The van der Waals surface area contributed by atoms with E-state index in [0.717, 1.165) is 20.9 Å². The number of aromatic nitrogens is 2. The highest BCUT2D eigenvalue weighted by atomic mass is 32.2. The number of hydrogen-bond acceptors (Lipinski definition) is 7. The highest BCUT2D eigenvalue weighted by molar-refractivity contribution is 7.98. The molecule has 9 heteroatoms. The van der Waals surface area contributed by atoms with Gasteiger partial charge in [0.2, 0.25) is 11.7 Å². The number of hydrogen-bond donors (Lipinski definition) is 1. The zero-order valence-electron chi connectivity index (χ0n) is 12.7. The van der Waals surface area contributed by atoms with Gasteiger partial charge in [-0.25, -0.2) is 18.4 Å². The van der Waals surface area contributed by atoms with Gasteiger partial charge in [0.25, 0.3) is 10.0 Å². The Morgan fingerprint density at radius 1 is 1.26 bits per heavy atom. The quantitative estimate of drug-likeness (QED) is 0.834. The van der Waals surface area contributed by atoms with Crippen molar-refractivity contribution < 1.29 is 13.2 Å². The van der Waals surface area contributed by atoms with Crippen LogP contribution < -0.4 is 9.62 Å². The van der Waals surface area contributed by atoms with Crippen molar-refractivity contribution in [3.8, 4) is 0 Å². The number of carbonyl (C=O) groups excluding carboxylic acids is 1. The maximum atomic E-state index is 12.7. The van der Waals surface area contributed by atoms with E-state index >= 15 is 0 Å². The van der Waals surface area contributed by atoms with Gasteiger partial charge >= 0.3 is 0 Å². The van der Waals surface area contributed by atoms with Crippen molar-refractivity contribution >= 4 is 38.1 Å². The molecule has 0 aromatic carbocycles. The van der Waals surface area contributed by atoms with Crippen LogP contribution >= 0.6 is 11.3 Å². The lowest BCUT2D eigenvalue weighted by Gasteiger charge is -2.25. The van der Waals surface area contributed by atoms with Crippen LogP contribution in [0.2, 0.25) is 0 Å². The molecular weight excluding hydrogens is 336 g/mol. The number of anilines is 2. The number of sulfonamides is 1. The van der Waals surface area contributed by atoms with Crippen LogP contribution in [0.1, 0.15) is 20.8 Å². The number of carbonyl (C=O) groups is 1. The molecule has 23 heavy (non-hydrogen) atoms. The van der Waals surface area contributed by atoms with Crippen molar-refractivity contribution in [3.05, 3.63) is 45.6 Å². The lowest BCUT2D eigenvalue weighted by Crippen LogP contribution is -2.36. The van der Waals surface area contributed by atoms with Gasteiger partial charge in [-0.1, -0.05) is 0 Å². The molecule has 1 aliphatic heterocycles. The topological polar surface area (TPSA) is 92.3 Å². The molecule has 0 fully saturated rings. The molecule has 0 saturated carbocycles. The monoisotopic (exact) mass is 350 g/mol. The zero-order valence-corrected chi connectivity index (χ0v) is 14.3. The molecule has 2 aromatic rings. The van der Waals surface area contributed by atoms with Crippen LogP contribution in [0.15, 0.2) is 29.6 Å². The van der Waals surface area contributed by atoms with Crippen molar-refractivity contribution in [1.82, 2.24) is 9.97 Å². The molecule has 0 spiro atoms. The predicted octanol–water partition coefficient (Wildman–Crippen LogP) is 2.07. The predicted molar refractivity (Wildman–Crippen MR) is 89.2 cm³/mol. The van der Waals surface area contributed by atoms with Gasteiger partial charge < -0.3 is 5.32 Å². The molecule has 3 rings (SSSR count). The molecule has 1 N–H and O–H groups in total. The third kappa shape index (κ3) is 2.41. The summed E-state index contributed by atoms with van der Waals surface area (Å²) in [6, 6.07) is 1.64. The Morgan fingerprint density at radius 3 is 2.57 bits per heavy atom. The average Bonchev–Trinajstić information content (AvgIpc) is 2.82. The molecule has 0 unspecified atom stereocenters. The summed E-state index contributed by atoms with van der Waals surface area (Å²) in [7, 11) is -2.45. The molecule has 0 saturated heterocycles. The molecule has 120 valence electrons. The largest absolute Gasteiger partial charge is 0.329 e. The number of Topliss-reactive ketones (excluding diaryl/α,β-unsaturated/α-hetero) is 1. The van der Waals surface area contributed by atoms with Gasteiger partial charge in [0.15, 0.2) is 4.91 Å². The minimum Gasteiger partial charge on any atom is -0.329 e. The summed E-state index contributed by atoms with van der Waals surface area (Å²) in [5.74, 6) is -0.293. The molecule has 0 radical (unpaired) electrons. The highest BCUT2D eigenvalue weighted by Gasteiger charge is 2.41. The number of aryl methyl sites for hydroxylation is 1. The molecule has 0 aliphatic carbocycles. The van der Waals surface area contributed by atoms with E-state index in [0.29, 0.717) is 10.6 Å². The van der Waals surface area contributed by atoms with E-state index in [1.54, 1.807) is 6.07 Å². The van der Waals surface area contributed by atoms with Crippen LogP contribution in [0.3, 0.4) is 0 Å². The number of thiophene rings is 1. The number of rotatable bonds is 2. The first-order valence-electron chi connectivity index (χ1n) is 6.71. The van der Waals surface area contributed by atoms with Gasteiger partial charge in [-0.2, -0.15) is 0 Å². The van der Waals surface area contributed by atoms with Crippen molar-refractivity contribution in [2.75, 3.05) is 16.7 Å². The minimum absolute atomic E-state index is 0.217. The lowest BCUT2D eigenvalue weighted by molar-refractivity contribution is 0.104. The lowest BCUT2D eigenvalue weighted by atomic mass is 10.1. The number of nitrogens with one attached hydrogen (secondary N) is 1. The van der Waals surface area contributed by atoms with E-state index in [1.165, 1.54) is 30.8 Å². The molecular formula is C14H14N4O3S2. The molecule has 0 bridgehead atoms. The van der Waals surface area contributed by atoms with Gasteiger partial charge in [-0.05, 0) is 25.5 Å². The standard InChI is InChI=1S/C14H14N4O3S2/c1-8-9(2)22-13-11(8)12(19)10(23(20,21)18(13)3)7-17-14-15-5-4-6-16-14/h4-7H,1-3H3,(H,15,16,17)/b10-7+. The van der Waals surface area contributed by atoms with E-state index in [1.807, 2.05) is 13.8 Å². The molecule has 1 aliphatic rings. The third-order valence-electron chi connectivity index (χ3n) is 3.64. The van der Waals surface area contributed by atoms with Crippen LogP contribution in [0.5, 0.6) is 0 Å². The van der Waals surface area contributed by atoms with Gasteiger partial charge in [0.05, 0.1) is 5.56 Å². The third-order valence-corrected chi connectivity index (χ3v) is 6.80. The minimum atomic E-state index is -3.90. The Bertz CT molecular complexity index is 917. The van der Waals surface area contributed by atoms with Crippen LogP contribution in [-0.4, -0.2) is 31.2 Å². The SMILES string of the molecule is Cc1sc2c(c1C)C(=O)/C(=C\Nc1ncccn1)S(=O)(=O)N2C. The van der Waals surface area contributed by atoms with Crippen LogP contribution in [0, 0.1) is 13.8 Å². The molecule has 2 aromatic heterocycles. The van der Waals surface area contributed by atoms with Gasteiger partial charge in [-0.3, -0.25) is 9.10 Å². The second-order valence-electron chi connectivity index (χ2n) is 4.99. The Hall–Kier alpha value is -2.26. The average molecular weight is 350 g/mol. The second-order valence-corrected chi connectivity index (χ2v) is 8.13. The van der Waals surface area contributed by atoms with E-state index in [2.05, 4.69) is 15.3 Å². The number of allylic oxidation sites excluding steroid dienone is 1. The fourth-order valence-corrected chi connectivity index (χ4v) is 4.82. The smallest absolute Gasteiger partial charge is 0.270 e. The Kier molecular flexibility index (Phi) is 3.69. The first-order chi connectivity index (χ1) is 10.8. The Morgan fingerprint density at radius 2 is 1.91 bits per heavy atom. The summed E-state index contributed by atoms with van der Waals surface area (Å²) in [6.07, 6.45) is 4.18. The van der Waals surface area contributed by atoms with Crippen LogP contribution in [-0.2, 0) is 10.0 Å². The summed E-state index contributed by atoms with van der Waals surface area (Å²) in [5.41, 5.74) is 1.24. The van der Waals surface area contributed by atoms with Crippen molar-refractivity contribution in [2.45, 2.75) is 13.8 Å². The second kappa shape index (κ2) is 5.43. The highest BCUT2D eigenvalue weighted by Crippen LogP contribution is 2.42. The number of nitrogens with zero attached hydrogens (tertiary/aromatic N) is 3. The van der Waals surface area contributed by atoms with Gasteiger partial charge in [-0.15, -0.1) is 11.3 Å². The summed E-state index contributed by atoms with van der Waals surface area (Å²) in [6.45, 7) is 3.69. The van der Waals surface area contributed by atoms with E-state index in [-0.39, 0.29) is 10.9 Å². The van der Waals surface area contributed by atoms with Crippen molar-refractivity contribution in [1.29, 1.82) is 0 Å². The van der Waals surface area contributed by atoms with Crippen LogP contribution in [0.25, 0.3) is 0 Å². The summed E-state index contributed by atoms with van der Waals surface area (Å²) < 4.78 is 26.3. The van der Waals surface area contributed by atoms with E-state index < -0.39 is 15.8 Å². The maximum Gasteiger partial charge on any atom is 0.270 e.